The van der Waals surface area contributed by atoms with Gasteiger partial charge in [0.1, 0.15) is 0 Å². The predicted octanol–water partition coefficient (Wildman–Crippen LogP) is 2.44. The zero-order valence-corrected chi connectivity index (χ0v) is 8.86. The zero-order chi connectivity index (χ0) is 11.4. The molecule has 0 atom stereocenters. The first-order valence-corrected chi connectivity index (χ1v) is 5.28. The third kappa shape index (κ3) is 2.53. The molecule has 2 aromatic rings. The average Bonchev–Trinajstić information content (AvgIpc) is 2.71. The Labute approximate surface area is 93.3 Å². The smallest absolute Gasteiger partial charge is 0.303 e. The van der Waals surface area contributed by atoms with Gasteiger partial charge in [0.2, 0.25) is 0 Å². The van der Waals surface area contributed by atoms with Crippen molar-refractivity contribution in [3.05, 3.63) is 30.5 Å². The van der Waals surface area contributed by atoms with Crippen molar-refractivity contribution in [2.45, 2.75) is 12.8 Å². The lowest BCUT2D eigenvalue weighted by atomic mass is 10.2. The van der Waals surface area contributed by atoms with Gasteiger partial charge in [-0.3, -0.25) is 4.79 Å². The molecule has 0 radical (unpaired) electrons. The second-order valence-electron chi connectivity index (χ2n) is 3.70. The molecule has 0 aliphatic heterocycles. The molecule has 16 heavy (non-hydrogen) atoms. The molecule has 4 heteroatoms. The van der Waals surface area contributed by atoms with Gasteiger partial charge in [0, 0.05) is 35.8 Å². The Kier molecular flexibility index (Phi) is 3.10. The van der Waals surface area contributed by atoms with Crippen LogP contribution in [0.4, 0.5) is 5.69 Å². The van der Waals surface area contributed by atoms with Gasteiger partial charge in [-0.05, 0) is 30.7 Å². The lowest BCUT2D eigenvalue weighted by Crippen LogP contribution is -2.04. The summed E-state index contributed by atoms with van der Waals surface area (Å²) in [6, 6.07) is 8.05. The molecule has 0 saturated heterocycles. The van der Waals surface area contributed by atoms with Crippen molar-refractivity contribution in [1.82, 2.24) is 4.98 Å². The minimum absolute atomic E-state index is 0.208. The van der Waals surface area contributed by atoms with Crippen molar-refractivity contribution < 1.29 is 9.90 Å². The number of aromatic nitrogens is 1. The normalized spacial score (nSPS) is 10.5. The maximum absolute atomic E-state index is 10.3. The topological polar surface area (TPSA) is 65.1 Å². The standard InChI is InChI=1S/C12H14N2O2/c15-12(16)2-1-6-13-10-3-4-11-9(8-10)5-7-14-11/h3-5,7-8,13-14H,1-2,6H2,(H,15,16). The van der Waals surface area contributed by atoms with Crippen LogP contribution in [0.5, 0.6) is 0 Å². The molecule has 0 amide bonds. The first kappa shape index (κ1) is 10.5. The quantitative estimate of drug-likeness (QED) is 0.675. The Morgan fingerprint density at radius 3 is 3.06 bits per heavy atom. The number of carboxylic acids is 1. The minimum Gasteiger partial charge on any atom is -0.481 e. The maximum atomic E-state index is 10.3. The second kappa shape index (κ2) is 4.70. The summed E-state index contributed by atoms with van der Waals surface area (Å²) in [5.74, 6) is -0.747. The van der Waals surface area contributed by atoms with Crippen LogP contribution in [0.3, 0.4) is 0 Å². The summed E-state index contributed by atoms with van der Waals surface area (Å²) in [4.78, 5) is 13.4. The number of carbonyl (C=O) groups is 1. The summed E-state index contributed by atoms with van der Waals surface area (Å²) in [5, 5.41) is 12.9. The van der Waals surface area contributed by atoms with Crippen molar-refractivity contribution in [3.63, 3.8) is 0 Å². The number of aromatic amines is 1. The number of carboxylic acid groups (broad SMARTS) is 1. The molecule has 0 fully saturated rings. The number of fused-ring (bicyclic) bond motifs is 1. The maximum Gasteiger partial charge on any atom is 0.303 e. The van der Waals surface area contributed by atoms with E-state index in [1.165, 1.54) is 0 Å². The fourth-order valence-corrected chi connectivity index (χ4v) is 1.64. The van der Waals surface area contributed by atoms with E-state index in [2.05, 4.69) is 10.3 Å². The van der Waals surface area contributed by atoms with Gasteiger partial charge in [0.15, 0.2) is 0 Å². The minimum atomic E-state index is -0.747. The molecule has 84 valence electrons. The van der Waals surface area contributed by atoms with Crippen molar-refractivity contribution in [2.75, 3.05) is 11.9 Å². The molecule has 1 heterocycles. The number of benzene rings is 1. The molecule has 3 N–H and O–H groups in total. The monoisotopic (exact) mass is 218 g/mol. The third-order valence-corrected chi connectivity index (χ3v) is 2.45. The van der Waals surface area contributed by atoms with E-state index in [-0.39, 0.29) is 6.42 Å². The van der Waals surface area contributed by atoms with E-state index in [9.17, 15) is 4.79 Å². The Morgan fingerprint density at radius 1 is 1.38 bits per heavy atom. The highest BCUT2D eigenvalue weighted by Gasteiger charge is 1.98. The van der Waals surface area contributed by atoms with E-state index in [1.807, 2.05) is 30.5 Å². The van der Waals surface area contributed by atoms with Crippen LogP contribution < -0.4 is 5.32 Å². The van der Waals surface area contributed by atoms with Crippen LogP contribution in [0.1, 0.15) is 12.8 Å². The van der Waals surface area contributed by atoms with Crippen LogP contribution in [0.2, 0.25) is 0 Å². The molecular weight excluding hydrogens is 204 g/mol. The number of anilines is 1. The lowest BCUT2D eigenvalue weighted by Gasteiger charge is -2.05. The third-order valence-electron chi connectivity index (χ3n) is 2.45. The van der Waals surface area contributed by atoms with Gasteiger partial charge in [-0.1, -0.05) is 0 Å². The number of rotatable bonds is 5. The summed E-state index contributed by atoms with van der Waals surface area (Å²) >= 11 is 0. The predicted molar refractivity (Wildman–Crippen MR) is 63.7 cm³/mol. The molecule has 0 aliphatic carbocycles. The van der Waals surface area contributed by atoms with Crippen LogP contribution >= 0.6 is 0 Å². The average molecular weight is 218 g/mol. The summed E-state index contributed by atoms with van der Waals surface area (Å²) in [6.07, 6.45) is 2.75. The largest absolute Gasteiger partial charge is 0.481 e. The van der Waals surface area contributed by atoms with E-state index < -0.39 is 5.97 Å². The lowest BCUT2D eigenvalue weighted by molar-refractivity contribution is -0.137. The van der Waals surface area contributed by atoms with Gasteiger partial charge >= 0.3 is 5.97 Å². The van der Waals surface area contributed by atoms with Crippen molar-refractivity contribution in [3.8, 4) is 0 Å². The van der Waals surface area contributed by atoms with Crippen molar-refractivity contribution in [2.24, 2.45) is 0 Å². The molecule has 2 rings (SSSR count). The number of nitrogens with one attached hydrogen (secondary N) is 2. The molecule has 0 unspecified atom stereocenters. The Hall–Kier alpha value is -1.97. The van der Waals surface area contributed by atoms with Gasteiger partial charge in [-0.25, -0.2) is 0 Å². The fourth-order valence-electron chi connectivity index (χ4n) is 1.64. The highest BCUT2D eigenvalue weighted by molar-refractivity contribution is 5.82. The van der Waals surface area contributed by atoms with E-state index in [0.29, 0.717) is 13.0 Å². The zero-order valence-electron chi connectivity index (χ0n) is 8.86. The number of hydrogen-bond donors (Lipinski definition) is 3. The van der Waals surface area contributed by atoms with Gasteiger partial charge in [-0.2, -0.15) is 0 Å². The van der Waals surface area contributed by atoms with E-state index in [1.54, 1.807) is 0 Å². The first-order valence-electron chi connectivity index (χ1n) is 5.28. The van der Waals surface area contributed by atoms with Crippen LogP contribution in [0.15, 0.2) is 30.5 Å². The van der Waals surface area contributed by atoms with E-state index in [0.717, 1.165) is 16.6 Å². The Bertz CT molecular complexity index is 490. The highest BCUT2D eigenvalue weighted by Crippen LogP contribution is 2.17. The molecule has 0 aliphatic rings. The number of hydrogen-bond acceptors (Lipinski definition) is 2. The van der Waals surface area contributed by atoms with E-state index in [4.69, 9.17) is 5.11 Å². The van der Waals surface area contributed by atoms with Gasteiger partial charge in [-0.15, -0.1) is 0 Å². The highest BCUT2D eigenvalue weighted by atomic mass is 16.4. The number of aliphatic carboxylic acids is 1. The molecule has 1 aromatic heterocycles. The molecule has 0 bridgehead atoms. The SMILES string of the molecule is O=C(O)CCCNc1ccc2[nH]ccc2c1. The summed E-state index contributed by atoms with van der Waals surface area (Å²) in [6.45, 7) is 0.683. The first-order chi connectivity index (χ1) is 7.75. The summed E-state index contributed by atoms with van der Waals surface area (Å²) in [7, 11) is 0. The van der Waals surface area contributed by atoms with Crippen LogP contribution in [-0.2, 0) is 4.79 Å². The van der Waals surface area contributed by atoms with Crippen LogP contribution in [-0.4, -0.2) is 22.6 Å². The van der Waals surface area contributed by atoms with Crippen LogP contribution in [0, 0.1) is 0 Å². The van der Waals surface area contributed by atoms with Gasteiger partial charge in [0.25, 0.3) is 0 Å². The number of H-pyrrole nitrogens is 1. The van der Waals surface area contributed by atoms with Gasteiger partial charge < -0.3 is 15.4 Å². The second-order valence-corrected chi connectivity index (χ2v) is 3.70. The van der Waals surface area contributed by atoms with E-state index >= 15 is 0 Å². The molecule has 4 nitrogen and oxygen atoms in total. The van der Waals surface area contributed by atoms with Gasteiger partial charge in [0.05, 0.1) is 0 Å². The summed E-state index contributed by atoms with van der Waals surface area (Å²) < 4.78 is 0. The van der Waals surface area contributed by atoms with Crippen molar-refractivity contribution in [1.29, 1.82) is 0 Å². The van der Waals surface area contributed by atoms with Crippen molar-refractivity contribution >= 4 is 22.6 Å². The summed E-state index contributed by atoms with van der Waals surface area (Å²) in [5.41, 5.74) is 2.13. The van der Waals surface area contributed by atoms with Crippen LogP contribution in [0.25, 0.3) is 10.9 Å². The molecular formula is C12H14N2O2. The Morgan fingerprint density at radius 2 is 2.25 bits per heavy atom. The molecule has 1 aromatic carbocycles. The fraction of sp³-hybridized carbons (Fsp3) is 0.250. The Balaban J connectivity index is 1.91. The molecule has 0 saturated carbocycles. The molecule has 0 spiro atoms.